The molecule has 0 unspecified atom stereocenters. The van der Waals surface area contributed by atoms with Gasteiger partial charge in [-0.15, -0.1) is 5.10 Å². The Morgan fingerprint density at radius 2 is 1.22 bits per heavy atom. The van der Waals surface area contributed by atoms with Crippen molar-refractivity contribution < 1.29 is 0 Å². The number of aryl methyl sites for hydroxylation is 2. The SMILES string of the molecule is Cn1cc(-c2cnc3ccc(Cl)nc3c2)c(-c2cccnc2)n1.Cn1cc(-c2cnc3ccc(Nc4cc(C5CC5)cnn4)nc3c2)c(-c2cccnc2)n1. The lowest BCUT2D eigenvalue weighted by Gasteiger charge is -2.08. The van der Waals surface area contributed by atoms with E-state index in [0.717, 1.165) is 66.8 Å². The van der Waals surface area contributed by atoms with Crippen LogP contribution in [0.3, 0.4) is 0 Å². The third kappa shape index (κ3) is 7.33. The number of fused-ring (bicyclic) bond motifs is 2. The zero-order valence-corrected chi connectivity index (χ0v) is 30.5. The number of rotatable bonds is 7. The Labute approximate surface area is 320 Å². The summed E-state index contributed by atoms with van der Waals surface area (Å²) < 4.78 is 3.59. The normalized spacial score (nSPS) is 12.4. The van der Waals surface area contributed by atoms with Crippen LogP contribution >= 0.6 is 11.6 Å². The van der Waals surface area contributed by atoms with E-state index in [4.69, 9.17) is 16.6 Å². The van der Waals surface area contributed by atoms with Crippen LogP contribution in [0.2, 0.25) is 5.15 Å². The van der Waals surface area contributed by atoms with Crippen molar-refractivity contribution in [1.29, 1.82) is 0 Å². The first-order chi connectivity index (χ1) is 26.9. The molecule has 0 aliphatic heterocycles. The van der Waals surface area contributed by atoms with Crippen molar-refractivity contribution in [2.45, 2.75) is 18.8 Å². The minimum atomic E-state index is 0.454. The van der Waals surface area contributed by atoms with Crippen LogP contribution in [0, 0.1) is 0 Å². The van der Waals surface area contributed by atoms with E-state index in [9.17, 15) is 0 Å². The molecule has 0 saturated heterocycles. The van der Waals surface area contributed by atoms with Gasteiger partial charge < -0.3 is 5.32 Å². The molecule has 0 atom stereocenters. The lowest BCUT2D eigenvalue weighted by molar-refractivity contribution is 0.771. The molecule has 1 aliphatic rings. The zero-order valence-electron chi connectivity index (χ0n) is 29.8. The molecule has 1 aliphatic carbocycles. The number of pyridine rings is 6. The van der Waals surface area contributed by atoms with Crippen LogP contribution in [0.25, 0.3) is 66.8 Å². The van der Waals surface area contributed by atoms with Gasteiger partial charge in [-0.2, -0.15) is 15.3 Å². The Morgan fingerprint density at radius 3 is 1.80 bits per heavy atom. The molecule has 0 spiro atoms. The summed E-state index contributed by atoms with van der Waals surface area (Å²) in [6, 6.07) is 21.3. The Hall–Kier alpha value is -6.99. The molecule has 0 aromatic carbocycles. The smallest absolute Gasteiger partial charge is 0.154 e. The standard InChI is InChI=1S/C24H20N8.C17H12ClN5/c1-32-14-19(24(31-32)16-3-2-8-25-11-16)18-9-21-20(26-12-18)6-7-22(28-21)29-23-10-17(13-27-30-23)15-4-5-15;1-23-10-13(17(22-23)11-3-2-6-19-8-11)12-7-15-14(20-9-12)4-5-16(18)21-15/h2-3,6-15H,4-5H2,1H3,(H,28,29,30);2-10H,1H3. The van der Waals surface area contributed by atoms with Gasteiger partial charge in [-0.05, 0) is 91.1 Å². The van der Waals surface area contributed by atoms with Gasteiger partial charge in [0.25, 0.3) is 0 Å². The number of anilines is 2. The maximum Gasteiger partial charge on any atom is 0.154 e. The van der Waals surface area contributed by atoms with Crippen LogP contribution in [-0.2, 0) is 14.1 Å². The summed E-state index contributed by atoms with van der Waals surface area (Å²) in [6.45, 7) is 0. The predicted molar refractivity (Wildman–Crippen MR) is 212 cm³/mol. The van der Waals surface area contributed by atoms with Crippen molar-refractivity contribution in [2.24, 2.45) is 14.1 Å². The van der Waals surface area contributed by atoms with Gasteiger partial charge in [0.1, 0.15) is 22.4 Å². The molecular weight excluding hydrogens is 710 g/mol. The molecular formula is C41H32ClN13. The third-order valence-electron chi connectivity index (χ3n) is 9.17. The first-order valence-corrected chi connectivity index (χ1v) is 18.0. The van der Waals surface area contributed by atoms with Crippen LogP contribution in [0.15, 0.2) is 123 Å². The number of halogens is 1. The van der Waals surface area contributed by atoms with Gasteiger partial charge in [0.15, 0.2) is 5.82 Å². The summed E-state index contributed by atoms with van der Waals surface area (Å²) in [6.07, 6.45) is 19.1. The number of nitrogens with zero attached hydrogens (tertiary/aromatic N) is 12. The summed E-state index contributed by atoms with van der Waals surface area (Å²) in [7, 11) is 3.81. The second-order valence-corrected chi connectivity index (χ2v) is 13.6. The predicted octanol–water partition coefficient (Wildman–Crippen LogP) is 8.25. The number of aromatic nitrogens is 12. The topological polar surface area (TPSA) is 151 Å². The van der Waals surface area contributed by atoms with Crippen molar-refractivity contribution in [3.05, 3.63) is 133 Å². The summed E-state index contributed by atoms with van der Waals surface area (Å²) in [5.41, 5.74) is 11.9. The fourth-order valence-electron chi connectivity index (χ4n) is 6.40. The van der Waals surface area contributed by atoms with Crippen LogP contribution in [0.5, 0.6) is 0 Å². The Bertz CT molecular complexity index is 2800. The molecule has 10 rings (SSSR count). The second-order valence-electron chi connectivity index (χ2n) is 13.2. The lowest BCUT2D eigenvalue weighted by atomic mass is 10.0. The molecule has 55 heavy (non-hydrogen) atoms. The zero-order chi connectivity index (χ0) is 37.3. The maximum atomic E-state index is 5.98. The molecule has 9 heterocycles. The van der Waals surface area contributed by atoms with E-state index < -0.39 is 0 Å². The molecule has 1 saturated carbocycles. The molecule has 268 valence electrons. The van der Waals surface area contributed by atoms with E-state index in [1.54, 1.807) is 34.0 Å². The first kappa shape index (κ1) is 33.8. The monoisotopic (exact) mass is 741 g/mol. The van der Waals surface area contributed by atoms with Gasteiger partial charge in [-0.25, -0.2) is 9.97 Å². The highest BCUT2D eigenvalue weighted by atomic mass is 35.5. The minimum absolute atomic E-state index is 0.454. The number of hydrogen-bond donors (Lipinski definition) is 1. The summed E-state index contributed by atoms with van der Waals surface area (Å²) in [5, 5.41) is 21.3. The van der Waals surface area contributed by atoms with Gasteiger partial charge in [0, 0.05) is 97.1 Å². The van der Waals surface area contributed by atoms with Crippen molar-refractivity contribution in [1.82, 2.24) is 59.7 Å². The number of nitrogens with one attached hydrogen (secondary N) is 1. The highest BCUT2D eigenvalue weighted by molar-refractivity contribution is 6.29. The van der Waals surface area contributed by atoms with Crippen LogP contribution in [-0.4, -0.2) is 59.7 Å². The van der Waals surface area contributed by atoms with Crippen molar-refractivity contribution >= 4 is 45.3 Å². The van der Waals surface area contributed by atoms with Gasteiger partial charge in [-0.3, -0.25) is 29.3 Å². The van der Waals surface area contributed by atoms with E-state index in [-0.39, 0.29) is 0 Å². The molecule has 0 bridgehead atoms. The highest BCUT2D eigenvalue weighted by Crippen LogP contribution is 2.40. The van der Waals surface area contributed by atoms with Crippen LogP contribution in [0.1, 0.15) is 24.3 Å². The van der Waals surface area contributed by atoms with Crippen molar-refractivity contribution in [3.8, 4) is 44.8 Å². The van der Waals surface area contributed by atoms with E-state index in [1.165, 1.54) is 18.4 Å². The molecule has 13 nitrogen and oxygen atoms in total. The molecule has 1 N–H and O–H groups in total. The molecule has 0 radical (unpaired) electrons. The third-order valence-corrected chi connectivity index (χ3v) is 9.38. The molecule has 1 fully saturated rings. The average molecular weight is 742 g/mol. The van der Waals surface area contributed by atoms with E-state index in [0.29, 0.717) is 22.7 Å². The lowest BCUT2D eigenvalue weighted by Crippen LogP contribution is -1.99. The highest BCUT2D eigenvalue weighted by Gasteiger charge is 2.24. The molecule has 14 heteroatoms. The van der Waals surface area contributed by atoms with E-state index in [1.807, 2.05) is 106 Å². The largest absolute Gasteiger partial charge is 0.323 e. The van der Waals surface area contributed by atoms with E-state index in [2.05, 4.69) is 56.7 Å². The first-order valence-electron chi connectivity index (χ1n) is 17.6. The van der Waals surface area contributed by atoms with Gasteiger partial charge in [0.2, 0.25) is 0 Å². The van der Waals surface area contributed by atoms with Crippen molar-refractivity contribution in [3.63, 3.8) is 0 Å². The molecule has 9 aromatic rings. The minimum Gasteiger partial charge on any atom is -0.323 e. The van der Waals surface area contributed by atoms with Gasteiger partial charge in [-0.1, -0.05) is 11.6 Å². The van der Waals surface area contributed by atoms with E-state index >= 15 is 0 Å². The van der Waals surface area contributed by atoms with Crippen molar-refractivity contribution in [2.75, 3.05) is 5.32 Å². The summed E-state index contributed by atoms with van der Waals surface area (Å²) >= 11 is 5.98. The summed E-state index contributed by atoms with van der Waals surface area (Å²) in [4.78, 5) is 26.6. The maximum absolute atomic E-state index is 5.98. The number of hydrogen-bond acceptors (Lipinski definition) is 11. The molecule has 9 aromatic heterocycles. The van der Waals surface area contributed by atoms with Gasteiger partial charge in [0.05, 0.1) is 28.3 Å². The average Bonchev–Trinajstić information content (AvgIpc) is 3.89. The second kappa shape index (κ2) is 14.4. The Morgan fingerprint density at radius 1 is 0.618 bits per heavy atom. The van der Waals surface area contributed by atoms with Gasteiger partial charge >= 0.3 is 0 Å². The molecule has 0 amide bonds. The fraction of sp³-hybridized carbons (Fsp3) is 0.122. The quantitative estimate of drug-likeness (QED) is 0.157. The summed E-state index contributed by atoms with van der Waals surface area (Å²) in [5.74, 6) is 2.03. The Balaban J connectivity index is 0.000000153. The van der Waals surface area contributed by atoms with Crippen LogP contribution < -0.4 is 5.32 Å². The fourth-order valence-corrected chi connectivity index (χ4v) is 6.55. The Kier molecular flexibility index (Phi) is 8.88. The van der Waals surface area contributed by atoms with Crippen LogP contribution in [0.4, 0.5) is 11.6 Å².